The van der Waals surface area contributed by atoms with Crippen LogP contribution in [0.25, 0.3) is 16.6 Å². The van der Waals surface area contributed by atoms with E-state index in [2.05, 4.69) is 0 Å². The van der Waals surface area contributed by atoms with Crippen LogP contribution in [0, 0.1) is 13.8 Å². The van der Waals surface area contributed by atoms with Crippen LogP contribution >= 0.6 is 11.8 Å². The largest absolute Gasteiger partial charge is 0.508 e. The van der Waals surface area contributed by atoms with Gasteiger partial charge >= 0.3 is 0 Å². The maximum atomic E-state index is 13.4. The number of thioether (sulfide) groups is 1. The Morgan fingerprint density at radius 2 is 1.63 bits per heavy atom. The quantitative estimate of drug-likeness (QED) is 0.290. The van der Waals surface area contributed by atoms with Gasteiger partial charge in [-0.25, -0.2) is 4.98 Å². The van der Waals surface area contributed by atoms with Crippen LogP contribution in [0.1, 0.15) is 21.5 Å². The summed E-state index contributed by atoms with van der Waals surface area (Å²) in [6.45, 7) is 3.92. The average Bonchev–Trinajstić information content (AvgIpc) is 2.74. The highest BCUT2D eigenvalue weighted by Crippen LogP contribution is 2.26. The molecule has 0 unspecified atom stereocenters. The first kappa shape index (κ1) is 19.9. The number of hydrogen-bond acceptors (Lipinski definition) is 5. The van der Waals surface area contributed by atoms with E-state index in [0.29, 0.717) is 21.6 Å². The molecule has 0 saturated carbocycles. The van der Waals surface area contributed by atoms with Crippen molar-refractivity contribution in [2.75, 3.05) is 5.75 Å². The van der Waals surface area contributed by atoms with Crippen LogP contribution in [0.4, 0.5) is 0 Å². The molecule has 0 aliphatic heterocycles. The second-order valence-corrected chi connectivity index (χ2v) is 7.99. The molecule has 0 bridgehead atoms. The van der Waals surface area contributed by atoms with Gasteiger partial charge in [-0.2, -0.15) is 0 Å². The third kappa shape index (κ3) is 3.74. The van der Waals surface area contributed by atoms with E-state index >= 15 is 0 Å². The predicted molar refractivity (Wildman–Crippen MR) is 120 cm³/mol. The number of phenols is 1. The minimum atomic E-state index is -0.155. The Bertz CT molecular complexity index is 1290. The SMILES string of the molecule is Cc1cccc(C)c1-n1c(SCC(=O)c2ccc(O)cc2)nc2ccccc2c1=O. The van der Waals surface area contributed by atoms with Gasteiger partial charge < -0.3 is 5.11 Å². The molecule has 0 aliphatic rings. The lowest BCUT2D eigenvalue weighted by Crippen LogP contribution is -2.23. The fourth-order valence-electron chi connectivity index (χ4n) is 3.43. The molecule has 1 aromatic heterocycles. The molecule has 0 aliphatic carbocycles. The van der Waals surface area contributed by atoms with Gasteiger partial charge in [0.1, 0.15) is 5.75 Å². The van der Waals surface area contributed by atoms with E-state index in [4.69, 9.17) is 4.98 Å². The standard InChI is InChI=1S/C24H20N2O3S/c1-15-6-5-7-16(2)22(15)26-23(29)19-8-3-4-9-20(19)25-24(26)30-14-21(28)17-10-12-18(27)13-11-17/h3-13,27H,14H2,1-2H3. The first-order valence-corrected chi connectivity index (χ1v) is 10.5. The zero-order valence-electron chi connectivity index (χ0n) is 16.6. The van der Waals surface area contributed by atoms with Gasteiger partial charge in [0.05, 0.1) is 22.3 Å². The fourth-order valence-corrected chi connectivity index (χ4v) is 4.32. The normalized spacial score (nSPS) is 11.0. The minimum Gasteiger partial charge on any atom is -0.508 e. The second-order valence-electron chi connectivity index (χ2n) is 7.05. The molecule has 30 heavy (non-hydrogen) atoms. The topological polar surface area (TPSA) is 72.2 Å². The van der Waals surface area contributed by atoms with E-state index < -0.39 is 0 Å². The molecule has 4 rings (SSSR count). The first-order valence-electron chi connectivity index (χ1n) is 9.49. The van der Waals surface area contributed by atoms with Gasteiger partial charge in [0.15, 0.2) is 10.9 Å². The Labute approximate surface area is 178 Å². The number of para-hydroxylation sites is 2. The van der Waals surface area contributed by atoms with E-state index in [-0.39, 0.29) is 22.8 Å². The van der Waals surface area contributed by atoms with Crippen LogP contribution in [0.2, 0.25) is 0 Å². The van der Waals surface area contributed by atoms with E-state index in [1.54, 1.807) is 28.8 Å². The molecule has 0 amide bonds. The molecule has 5 nitrogen and oxygen atoms in total. The lowest BCUT2D eigenvalue weighted by Gasteiger charge is -2.17. The van der Waals surface area contributed by atoms with E-state index in [1.807, 2.05) is 44.2 Å². The highest BCUT2D eigenvalue weighted by molar-refractivity contribution is 7.99. The summed E-state index contributed by atoms with van der Waals surface area (Å²) < 4.78 is 1.61. The summed E-state index contributed by atoms with van der Waals surface area (Å²) in [5, 5.41) is 10.4. The van der Waals surface area contributed by atoms with Crippen molar-refractivity contribution < 1.29 is 9.90 Å². The molecule has 1 heterocycles. The number of nitrogens with zero attached hydrogens (tertiary/aromatic N) is 2. The molecule has 4 aromatic rings. The van der Waals surface area contributed by atoms with Gasteiger partial charge in [-0.05, 0) is 61.4 Å². The van der Waals surface area contributed by atoms with Gasteiger partial charge in [0, 0.05) is 5.56 Å². The predicted octanol–water partition coefficient (Wildman–Crippen LogP) is 4.68. The molecule has 150 valence electrons. The van der Waals surface area contributed by atoms with Gasteiger partial charge in [-0.15, -0.1) is 0 Å². The number of aryl methyl sites for hydroxylation is 2. The highest BCUT2D eigenvalue weighted by atomic mass is 32.2. The number of aromatic hydroxyl groups is 1. The van der Waals surface area contributed by atoms with Gasteiger partial charge in [0.25, 0.3) is 5.56 Å². The number of hydrogen-bond donors (Lipinski definition) is 1. The van der Waals surface area contributed by atoms with Crippen LogP contribution in [0.15, 0.2) is 76.7 Å². The maximum absolute atomic E-state index is 13.4. The Kier molecular flexibility index (Phi) is 5.42. The van der Waals surface area contributed by atoms with Crippen LogP contribution in [0.3, 0.4) is 0 Å². The molecule has 0 spiro atoms. The molecular formula is C24H20N2O3S. The van der Waals surface area contributed by atoms with Crippen molar-refractivity contribution in [1.82, 2.24) is 9.55 Å². The molecule has 0 saturated heterocycles. The molecular weight excluding hydrogens is 396 g/mol. The molecule has 1 N–H and O–H groups in total. The van der Waals surface area contributed by atoms with Gasteiger partial charge in [0.2, 0.25) is 0 Å². The Balaban J connectivity index is 1.81. The van der Waals surface area contributed by atoms with E-state index in [0.717, 1.165) is 16.8 Å². The third-order valence-electron chi connectivity index (χ3n) is 4.93. The van der Waals surface area contributed by atoms with Crippen LogP contribution in [0.5, 0.6) is 5.75 Å². The van der Waals surface area contributed by atoms with Gasteiger partial charge in [-0.1, -0.05) is 42.1 Å². The zero-order chi connectivity index (χ0) is 21.3. The number of carbonyl (C=O) groups is 1. The molecule has 3 aromatic carbocycles. The number of aromatic nitrogens is 2. The number of ketones is 1. The number of rotatable bonds is 5. The monoisotopic (exact) mass is 416 g/mol. The number of benzene rings is 3. The number of fused-ring (bicyclic) bond motifs is 1. The van der Waals surface area contributed by atoms with Crippen molar-refractivity contribution in [3.05, 3.63) is 93.8 Å². The maximum Gasteiger partial charge on any atom is 0.266 e. The Morgan fingerprint density at radius 1 is 0.967 bits per heavy atom. The van der Waals surface area contributed by atoms with Crippen molar-refractivity contribution in [2.45, 2.75) is 19.0 Å². The summed E-state index contributed by atoms with van der Waals surface area (Å²) in [6, 6.07) is 19.2. The molecule has 0 atom stereocenters. The summed E-state index contributed by atoms with van der Waals surface area (Å²) in [5.74, 6) is 0.134. The van der Waals surface area contributed by atoms with E-state index in [9.17, 15) is 14.7 Å². The summed E-state index contributed by atoms with van der Waals surface area (Å²) in [4.78, 5) is 30.8. The third-order valence-corrected chi connectivity index (χ3v) is 5.87. The zero-order valence-corrected chi connectivity index (χ0v) is 17.4. The fraction of sp³-hybridized carbons (Fsp3) is 0.125. The number of Topliss-reactive ketones (excluding diaryl/α,β-unsaturated/α-hetero) is 1. The number of carbonyl (C=O) groups excluding carboxylic acids is 1. The molecule has 6 heteroatoms. The molecule has 0 fully saturated rings. The lowest BCUT2D eigenvalue weighted by molar-refractivity contribution is 0.102. The number of phenolic OH excluding ortho intramolecular Hbond substituents is 1. The summed E-state index contributed by atoms with van der Waals surface area (Å²) in [7, 11) is 0. The Hall–Kier alpha value is -3.38. The van der Waals surface area contributed by atoms with Gasteiger partial charge in [-0.3, -0.25) is 14.2 Å². The highest BCUT2D eigenvalue weighted by Gasteiger charge is 2.18. The van der Waals surface area contributed by atoms with Crippen molar-refractivity contribution in [3.63, 3.8) is 0 Å². The van der Waals surface area contributed by atoms with Crippen LogP contribution < -0.4 is 5.56 Å². The smallest absolute Gasteiger partial charge is 0.266 e. The first-order chi connectivity index (χ1) is 14.5. The van der Waals surface area contributed by atoms with Crippen LogP contribution in [-0.2, 0) is 0 Å². The van der Waals surface area contributed by atoms with E-state index in [1.165, 1.54) is 23.9 Å². The summed E-state index contributed by atoms with van der Waals surface area (Å²) in [6.07, 6.45) is 0. The second kappa shape index (κ2) is 8.16. The minimum absolute atomic E-state index is 0.101. The summed E-state index contributed by atoms with van der Waals surface area (Å²) in [5.41, 5.74) is 3.66. The van der Waals surface area contributed by atoms with Crippen molar-refractivity contribution >= 4 is 28.4 Å². The van der Waals surface area contributed by atoms with Crippen molar-refractivity contribution in [3.8, 4) is 11.4 Å². The van der Waals surface area contributed by atoms with Crippen molar-refractivity contribution in [2.24, 2.45) is 0 Å². The lowest BCUT2D eigenvalue weighted by atomic mass is 10.1. The average molecular weight is 417 g/mol. The van der Waals surface area contributed by atoms with Crippen molar-refractivity contribution in [1.29, 1.82) is 0 Å². The molecule has 0 radical (unpaired) electrons. The van der Waals surface area contributed by atoms with Crippen LogP contribution in [-0.4, -0.2) is 26.2 Å². The summed E-state index contributed by atoms with van der Waals surface area (Å²) >= 11 is 1.24. The Morgan fingerprint density at radius 3 is 2.33 bits per heavy atom.